The molecule has 0 saturated heterocycles. The fraction of sp³-hybridized carbons (Fsp3) is 0.929. The second kappa shape index (κ2) is 7.68. The van der Waals surface area contributed by atoms with Crippen molar-refractivity contribution in [2.24, 2.45) is 5.92 Å². The predicted molar refractivity (Wildman–Crippen MR) is 69.7 cm³/mol. The van der Waals surface area contributed by atoms with Crippen molar-refractivity contribution in [3.63, 3.8) is 0 Å². The van der Waals surface area contributed by atoms with E-state index >= 15 is 0 Å². The zero-order valence-corrected chi connectivity index (χ0v) is 11.3. The van der Waals surface area contributed by atoms with Gasteiger partial charge in [0.25, 0.3) is 0 Å². The molecule has 1 atom stereocenters. The third kappa shape index (κ3) is 5.52. The summed E-state index contributed by atoms with van der Waals surface area (Å²) in [5, 5.41) is 12.0. The lowest BCUT2D eigenvalue weighted by Crippen LogP contribution is -2.39. The molecule has 3 heteroatoms. The maximum atomic E-state index is 9.00. The van der Waals surface area contributed by atoms with Crippen molar-refractivity contribution >= 4 is 0 Å². The van der Waals surface area contributed by atoms with Gasteiger partial charge in [0.05, 0.1) is 6.07 Å². The monoisotopic (exact) mass is 238 g/mol. The lowest BCUT2D eigenvalue weighted by molar-refractivity contribution is 0.0832. The molecule has 98 valence electrons. The molecule has 0 aromatic heterocycles. The Morgan fingerprint density at radius 3 is 2.47 bits per heavy atom. The van der Waals surface area contributed by atoms with Crippen molar-refractivity contribution in [2.45, 2.75) is 57.4 Å². The first kappa shape index (κ1) is 14.5. The molecule has 1 rings (SSSR count). The number of rotatable bonds is 6. The first-order valence-corrected chi connectivity index (χ1v) is 6.88. The van der Waals surface area contributed by atoms with Crippen LogP contribution in [-0.4, -0.2) is 25.8 Å². The fourth-order valence-electron chi connectivity index (χ4n) is 2.29. The highest BCUT2D eigenvalue weighted by Crippen LogP contribution is 2.23. The maximum absolute atomic E-state index is 9.00. The zero-order valence-electron chi connectivity index (χ0n) is 11.3. The number of ether oxygens (including phenoxy) is 1. The van der Waals surface area contributed by atoms with Crippen molar-refractivity contribution in [3.05, 3.63) is 0 Å². The Kier molecular flexibility index (Phi) is 6.54. The molecule has 1 aliphatic rings. The van der Waals surface area contributed by atoms with Crippen LogP contribution in [0.25, 0.3) is 0 Å². The molecule has 1 fully saturated rings. The van der Waals surface area contributed by atoms with Crippen LogP contribution < -0.4 is 5.32 Å². The van der Waals surface area contributed by atoms with E-state index in [0.29, 0.717) is 6.61 Å². The molecule has 0 aromatic carbocycles. The summed E-state index contributed by atoms with van der Waals surface area (Å²) >= 11 is 0. The second-order valence-corrected chi connectivity index (χ2v) is 5.38. The van der Waals surface area contributed by atoms with Crippen LogP contribution in [0.4, 0.5) is 0 Å². The molecule has 0 bridgehead atoms. The maximum Gasteiger partial charge on any atom is 0.105 e. The molecule has 1 N–H and O–H groups in total. The second-order valence-electron chi connectivity index (χ2n) is 5.38. The van der Waals surface area contributed by atoms with Gasteiger partial charge in [0.2, 0.25) is 0 Å². The summed E-state index contributed by atoms with van der Waals surface area (Å²) in [6.45, 7) is 3.48. The van der Waals surface area contributed by atoms with Crippen LogP contribution in [-0.2, 0) is 4.74 Å². The topological polar surface area (TPSA) is 45.0 Å². The lowest BCUT2D eigenvalue weighted by atomic mass is 10.0. The van der Waals surface area contributed by atoms with E-state index in [4.69, 9.17) is 10.00 Å². The number of hydrogen-bond acceptors (Lipinski definition) is 3. The van der Waals surface area contributed by atoms with Crippen LogP contribution in [0.15, 0.2) is 0 Å². The predicted octanol–water partition coefficient (Wildman–Crippen LogP) is 2.87. The van der Waals surface area contributed by atoms with Gasteiger partial charge in [0.15, 0.2) is 0 Å². The molecule has 1 unspecified atom stereocenters. The van der Waals surface area contributed by atoms with E-state index in [9.17, 15) is 0 Å². The van der Waals surface area contributed by atoms with Crippen LogP contribution in [0.3, 0.4) is 0 Å². The Morgan fingerprint density at radius 2 is 1.94 bits per heavy atom. The molecule has 0 spiro atoms. The molecule has 17 heavy (non-hydrogen) atoms. The molecule has 1 saturated carbocycles. The normalized spacial score (nSPS) is 21.5. The molecule has 1 aliphatic carbocycles. The van der Waals surface area contributed by atoms with E-state index in [0.717, 1.165) is 18.9 Å². The van der Waals surface area contributed by atoms with Crippen LogP contribution in [0.2, 0.25) is 0 Å². The van der Waals surface area contributed by atoms with Crippen molar-refractivity contribution in [1.29, 1.82) is 5.26 Å². The third-order valence-corrected chi connectivity index (χ3v) is 3.87. The summed E-state index contributed by atoms with van der Waals surface area (Å²) < 4.78 is 5.74. The summed E-state index contributed by atoms with van der Waals surface area (Å²) in [4.78, 5) is 0. The first-order chi connectivity index (χ1) is 8.20. The number of nitrogens with one attached hydrogen (secondary N) is 1. The van der Waals surface area contributed by atoms with Crippen LogP contribution in [0.1, 0.15) is 51.9 Å². The summed E-state index contributed by atoms with van der Waals surface area (Å²) in [5.41, 5.74) is -0.441. The Hall–Kier alpha value is -0.590. The largest absolute Gasteiger partial charge is 0.381 e. The molecular weight excluding hydrogens is 212 g/mol. The molecular formula is C14H26N2O. The van der Waals surface area contributed by atoms with Crippen LogP contribution in [0, 0.1) is 17.2 Å². The fourth-order valence-corrected chi connectivity index (χ4v) is 2.29. The Bertz CT molecular complexity index is 241. The smallest absolute Gasteiger partial charge is 0.105 e. The minimum Gasteiger partial charge on any atom is -0.381 e. The van der Waals surface area contributed by atoms with Gasteiger partial charge in [-0.25, -0.2) is 0 Å². The van der Waals surface area contributed by atoms with Crippen LogP contribution >= 0.6 is 0 Å². The van der Waals surface area contributed by atoms with E-state index in [1.54, 1.807) is 0 Å². The van der Waals surface area contributed by atoms with Gasteiger partial charge in [-0.1, -0.05) is 25.7 Å². The lowest BCUT2D eigenvalue weighted by Gasteiger charge is -2.21. The van der Waals surface area contributed by atoms with Gasteiger partial charge in [-0.05, 0) is 32.7 Å². The molecule has 0 aliphatic heterocycles. The molecule has 3 nitrogen and oxygen atoms in total. The standard InChI is InChI=1S/C14H26N2O/c1-14(12-15,16-2)9-10-17-11-13-7-5-3-4-6-8-13/h13,16H,3-11H2,1-2H3. The van der Waals surface area contributed by atoms with E-state index in [1.165, 1.54) is 38.5 Å². The van der Waals surface area contributed by atoms with Gasteiger partial charge in [0, 0.05) is 19.6 Å². The molecule has 0 radical (unpaired) electrons. The summed E-state index contributed by atoms with van der Waals surface area (Å²) in [6, 6.07) is 2.29. The van der Waals surface area contributed by atoms with E-state index < -0.39 is 5.54 Å². The average molecular weight is 238 g/mol. The minimum atomic E-state index is -0.441. The van der Waals surface area contributed by atoms with Gasteiger partial charge < -0.3 is 10.1 Å². The minimum absolute atomic E-state index is 0.441. The SMILES string of the molecule is CNC(C)(C#N)CCOCC1CCCCCC1. The van der Waals surface area contributed by atoms with E-state index in [2.05, 4.69) is 11.4 Å². The first-order valence-electron chi connectivity index (χ1n) is 6.88. The summed E-state index contributed by atoms with van der Waals surface area (Å²) in [6.07, 6.45) is 8.90. The van der Waals surface area contributed by atoms with Crippen molar-refractivity contribution in [3.8, 4) is 6.07 Å². The molecule has 0 amide bonds. The molecule has 0 heterocycles. The highest BCUT2D eigenvalue weighted by molar-refractivity contribution is 5.02. The van der Waals surface area contributed by atoms with E-state index in [1.807, 2.05) is 14.0 Å². The Labute approximate surface area is 106 Å². The van der Waals surface area contributed by atoms with Gasteiger partial charge in [0.1, 0.15) is 5.54 Å². The summed E-state index contributed by atoms with van der Waals surface area (Å²) in [5.74, 6) is 0.750. The quantitative estimate of drug-likeness (QED) is 0.571. The van der Waals surface area contributed by atoms with Gasteiger partial charge in [-0.15, -0.1) is 0 Å². The van der Waals surface area contributed by atoms with Crippen molar-refractivity contribution in [2.75, 3.05) is 20.3 Å². The number of nitrogens with zero attached hydrogens (tertiary/aromatic N) is 1. The zero-order chi connectivity index (χ0) is 12.6. The van der Waals surface area contributed by atoms with Crippen molar-refractivity contribution < 1.29 is 4.74 Å². The van der Waals surface area contributed by atoms with Crippen molar-refractivity contribution in [1.82, 2.24) is 5.32 Å². The Balaban J connectivity index is 2.13. The Morgan fingerprint density at radius 1 is 1.29 bits per heavy atom. The third-order valence-electron chi connectivity index (χ3n) is 3.87. The van der Waals surface area contributed by atoms with Crippen LogP contribution in [0.5, 0.6) is 0 Å². The van der Waals surface area contributed by atoms with E-state index in [-0.39, 0.29) is 0 Å². The van der Waals surface area contributed by atoms with Gasteiger partial charge in [-0.3, -0.25) is 0 Å². The number of hydrogen-bond donors (Lipinski definition) is 1. The highest BCUT2D eigenvalue weighted by Gasteiger charge is 2.20. The average Bonchev–Trinajstić information content (AvgIpc) is 2.63. The van der Waals surface area contributed by atoms with Gasteiger partial charge >= 0.3 is 0 Å². The highest BCUT2D eigenvalue weighted by atomic mass is 16.5. The molecule has 0 aromatic rings. The number of nitriles is 1. The van der Waals surface area contributed by atoms with Gasteiger partial charge in [-0.2, -0.15) is 5.26 Å². The summed E-state index contributed by atoms with van der Waals surface area (Å²) in [7, 11) is 1.83.